The minimum Gasteiger partial charge on any atom is -0.335 e. The van der Waals surface area contributed by atoms with Gasteiger partial charge >= 0.3 is 6.03 Å². The molecule has 0 spiro atoms. The molecule has 3 nitrogen and oxygen atoms in total. The summed E-state index contributed by atoms with van der Waals surface area (Å²) in [5.41, 5.74) is 0.325. The van der Waals surface area contributed by atoms with Gasteiger partial charge in [-0.05, 0) is 56.3 Å². The summed E-state index contributed by atoms with van der Waals surface area (Å²) in [6.07, 6.45) is 17.8. The van der Waals surface area contributed by atoms with Crippen molar-refractivity contribution in [3.8, 4) is 0 Å². The Kier molecular flexibility index (Phi) is 7.64. The molecule has 0 radical (unpaired) electrons. The molecule has 2 rings (SSSR count). The zero-order valence-corrected chi connectivity index (χ0v) is 16.1. The molecule has 2 N–H and O–H groups in total. The maximum absolute atomic E-state index is 12.3. The van der Waals surface area contributed by atoms with Crippen LogP contribution in [0, 0.1) is 11.3 Å². The molecule has 2 aliphatic carbocycles. The van der Waals surface area contributed by atoms with E-state index in [1.807, 2.05) is 0 Å². The van der Waals surface area contributed by atoms with E-state index in [4.69, 9.17) is 0 Å². The highest BCUT2D eigenvalue weighted by Gasteiger charge is 2.33. The molecule has 0 aliphatic heterocycles. The summed E-state index contributed by atoms with van der Waals surface area (Å²) in [5.74, 6) is 0.702. The predicted molar refractivity (Wildman–Crippen MR) is 102 cm³/mol. The lowest BCUT2D eigenvalue weighted by atomic mass is 9.68. The molecule has 24 heavy (non-hydrogen) atoms. The maximum Gasteiger partial charge on any atom is 0.315 e. The Morgan fingerprint density at radius 3 is 2.33 bits per heavy atom. The molecule has 2 aliphatic rings. The van der Waals surface area contributed by atoms with Crippen LogP contribution in [0.2, 0.25) is 0 Å². The molecule has 1 unspecified atom stereocenters. The van der Waals surface area contributed by atoms with Crippen molar-refractivity contribution in [1.82, 2.24) is 10.6 Å². The summed E-state index contributed by atoms with van der Waals surface area (Å²) in [6.45, 7) is 6.97. The van der Waals surface area contributed by atoms with Gasteiger partial charge in [0.1, 0.15) is 0 Å². The van der Waals surface area contributed by atoms with Crippen molar-refractivity contribution in [1.29, 1.82) is 0 Å². The first-order valence-electron chi connectivity index (χ1n) is 10.2. The molecule has 2 atom stereocenters. The standard InChI is InChI=1S/C21H38N2O/c1-4-5-9-15-21(2,3)17-11-10-14-19(16-17)23-20(24)22-18-12-7-6-8-13-18/h5,9,17-19H,4,6-8,10-16H2,1-3H3,(H2,22,23,24)/b9-5+/t17-,19?/m0/s1. The van der Waals surface area contributed by atoms with Crippen molar-refractivity contribution in [2.24, 2.45) is 11.3 Å². The maximum atomic E-state index is 12.3. The van der Waals surface area contributed by atoms with Crippen LogP contribution in [0.25, 0.3) is 0 Å². The van der Waals surface area contributed by atoms with E-state index in [0.717, 1.165) is 38.5 Å². The fraction of sp³-hybridized carbons (Fsp3) is 0.857. The molecule has 2 fully saturated rings. The smallest absolute Gasteiger partial charge is 0.315 e. The van der Waals surface area contributed by atoms with Gasteiger partial charge in [-0.3, -0.25) is 0 Å². The third kappa shape index (κ3) is 6.14. The zero-order chi connectivity index (χ0) is 17.4. The van der Waals surface area contributed by atoms with E-state index in [1.54, 1.807) is 0 Å². The van der Waals surface area contributed by atoms with Crippen LogP contribution in [0.1, 0.15) is 91.4 Å². The molecule has 0 bridgehead atoms. The summed E-state index contributed by atoms with van der Waals surface area (Å²) in [7, 11) is 0. The number of allylic oxidation sites excluding steroid dienone is 2. The number of hydrogen-bond donors (Lipinski definition) is 2. The van der Waals surface area contributed by atoms with Crippen LogP contribution in [-0.4, -0.2) is 18.1 Å². The van der Waals surface area contributed by atoms with Gasteiger partial charge in [-0.15, -0.1) is 0 Å². The lowest BCUT2D eigenvalue weighted by Crippen LogP contribution is -2.48. The van der Waals surface area contributed by atoms with Crippen LogP contribution in [0.15, 0.2) is 12.2 Å². The van der Waals surface area contributed by atoms with Gasteiger partial charge in [0.05, 0.1) is 0 Å². The number of rotatable bonds is 6. The number of nitrogens with one attached hydrogen (secondary N) is 2. The summed E-state index contributed by atoms with van der Waals surface area (Å²) in [5, 5.41) is 6.47. The number of carbonyl (C=O) groups excluding carboxylic acids is 1. The third-order valence-electron chi connectivity index (χ3n) is 6.10. The van der Waals surface area contributed by atoms with Crippen molar-refractivity contribution < 1.29 is 4.79 Å². The first kappa shape index (κ1) is 19.3. The van der Waals surface area contributed by atoms with Gasteiger partial charge < -0.3 is 10.6 Å². The fourth-order valence-corrected chi connectivity index (χ4v) is 4.41. The van der Waals surface area contributed by atoms with Gasteiger partial charge in [0.15, 0.2) is 0 Å². The molecule has 0 saturated heterocycles. The van der Waals surface area contributed by atoms with E-state index in [0.29, 0.717) is 23.4 Å². The van der Waals surface area contributed by atoms with Crippen molar-refractivity contribution in [2.45, 2.75) is 103 Å². The summed E-state index contributed by atoms with van der Waals surface area (Å²) in [6, 6.07) is 0.812. The lowest BCUT2D eigenvalue weighted by molar-refractivity contribution is 0.139. The molecule has 0 heterocycles. The zero-order valence-electron chi connectivity index (χ0n) is 16.1. The fourth-order valence-electron chi connectivity index (χ4n) is 4.41. The van der Waals surface area contributed by atoms with E-state index in [9.17, 15) is 4.79 Å². The Balaban J connectivity index is 1.79. The lowest BCUT2D eigenvalue weighted by Gasteiger charge is -2.40. The largest absolute Gasteiger partial charge is 0.335 e. The molecule has 0 aromatic carbocycles. The van der Waals surface area contributed by atoms with E-state index in [1.165, 1.54) is 32.1 Å². The Morgan fingerprint density at radius 2 is 1.62 bits per heavy atom. The average molecular weight is 335 g/mol. The van der Waals surface area contributed by atoms with E-state index >= 15 is 0 Å². The Bertz CT molecular complexity index is 410. The number of urea groups is 1. The second-order valence-corrected chi connectivity index (χ2v) is 8.59. The minimum atomic E-state index is 0.0660. The number of carbonyl (C=O) groups is 1. The second-order valence-electron chi connectivity index (χ2n) is 8.59. The number of hydrogen-bond acceptors (Lipinski definition) is 1. The predicted octanol–water partition coefficient (Wildman–Crippen LogP) is 5.56. The normalized spacial score (nSPS) is 26.5. The highest BCUT2D eigenvalue weighted by atomic mass is 16.2. The van der Waals surface area contributed by atoms with Crippen LogP contribution in [0.5, 0.6) is 0 Å². The van der Waals surface area contributed by atoms with Gasteiger partial charge in [0.2, 0.25) is 0 Å². The first-order valence-corrected chi connectivity index (χ1v) is 10.2. The average Bonchev–Trinajstić information content (AvgIpc) is 2.56. The molecular formula is C21H38N2O. The topological polar surface area (TPSA) is 41.1 Å². The Morgan fingerprint density at radius 1 is 0.958 bits per heavy atom. The van der Waals surface area contributed by atoms with E-state index in [2.05, 4.69) is 43.6 Å². The summed E-state index contributed by atoms with van der Waals surface area (Å²) >= 11 is 0. The van der Waals surface area contributed by atoms with Gasteiger partial charge in [0, 0.05) is 12.1 Å². The van der Waals surface area contributed by atoms with E-state index in [-0.39, 0.29) is 6.03 Å². The highest BCUT2D eigenvalue weighted by molar-refractivity contribution is 5.74. The van der Waals surface area contributed by atoms with Crippen molar-refractivity contribution in [3.63, 3.8) is 0 Å². The third-order valence-corrected chi connectivity index (χ3v) is 6.10. The SMILES string of the molecule is CC/C=C/CC(C)(C)[C@H]1CCCC(NC(=O)NC2CCCCC2)C1. The molecule has 2 amide bonds. The molecule has 0 aromatic rings. The first-order chi connectivity index (χ1) is 11.5. The minimum absolute atomic E-state index is 0.0660. The van der Waals surface area contributed by atoms with Gasteiger partial charge in [-0.25, -0.2) is 4.79 Å². The Hall–Kier alpha value is -0.990. The van der Waals surface area contributed by atoms with Crippen molar-refractivity contribution >= 4 is 6.03 Å². The quantitative estimate of drug-likeness (QED) is 0.613. The molecule has 2 saturated carbocycles. The van der Waals surface area contributed by atoms with Crippen LogP contribution in [0.4, 0.5) is 4.79 Å². The number of amides is 2. The van der Waals surface area contributed by atoms with Crippen molar-refractivity contribution in [2.75, 3.05) is 0 Å². The molecule has 0 aromatic heterocycles. The van der Waals surface area contributed by atoms with Crippen molar-refractivity contribution in [3.05, 3.63) is 12.2 Å². The van der Waals surface area contributed by atoms with E-state index < -0.39 is 0 Å². The Labute approximate surface area is 149 Å². The van der Waals surface area contributed by atoms with Crippen LogP contribution < -0.4 is 10.6 Å². The van der Waals surface area contributed by atoms with Gasteiger partial charge in [-0.2, -0.15) is 0 Å². The van der Waals surface area contributed by atoms with Crippen LogP contribution >= 0.6 is 0 Å². The molecule has 3 heteroatoms. The van der Waals surface area contributed by atoms with Gasteiger partial charge in [0.25, 0.3) is 0 Å². The molecular weight excluding hydrogens is 296 g/mol. The monoisotopic (exact) mass is 334 g/mol. The molecule has 138 valence electrons. The van der Waals surface area contributed by atoms with Crippen LogP contribution in [0.3, 0.4) is 0 Å². The highest BCUT2D eigenvalue weighted by Crippen LogP contribution is 2.41. The summed E-state index contributed by atoms with van der Waals surface area (Å²) in [4.78, 5) is 12.3. The van der Waals surface area contributed by atoms with Gasteiger partial charge in [-0.1, -0.05) is 58.6 Å². The van der Waals surface area contributed by atoms with Crippen LogP contribution in [-0.2, 0) is 0 Å². The second kappa shape index (κ2) is 9.48. The summed E-state index contributed by atoms with van der Waals surface area (Å²) < 4.78 is 0.